The molecule has 0 saturated carbocycles. The van der Waals surface area contributed by atoms with Crippen molar-refractivity contribution < 1.29 is 5.11 Å². The predicted molar refractivity (Wildman–Crippen MR) is 34.5 cm³/mol. The van der Waals surface area contributed by atoms with E-state index in [1.54, 1.807) is 6.08 Å². The highest BCUT2D eigenvalue weighted by atomic mass is 16.2. The number of rotatable bonds is 3. The van der Waals surface area contributed by atoms with E-state index in [-0.39, 0.29) is 12.6 Å². The summed E-state index contributed by atoms with van der Waals surface area (Å²) in [5.41, 5.74) is 5.40. The third-order valence-electron chi connectivity index (χ3n) is 0.780. The summed E-state index contributed by atoms with van der Waals surface area (Å²) in [6.45, 7) is 2.05. The van der Waals surface area contributed by atoms with Crippen LogP contribution in [0.4, 0.5) is 0 Å². The maximum absolute atomic E-state index is 8.25. The molecule has 0 aliphatic carbocycles. The average Bonchev–Trinajstić information content (AvgIpc) is 1.66. The molecule has 0 amide bonds. The minimum atomic E-state index is 0.118. The molecule has 0 fully saturated rings. The van der Waals surface area contributed by atoms with E-state index in [0.29, 0.717) is 0 Å². The standard InChI is InChI=1S/C6H13NO/c1-6(7)4-2-3-5-8/h2-3,6,8H,4-5,7H2,1H3/b3-2+/t6-/m0/s1. The van der Waals surface area contributed by atoms with E-state index in [1.807, 2.05) is 13.0 Å². The Balaban J connectivity index is 3.03. The first kappa shape index (κ1) is 7.66. The van der Waals surface area contributed by atoms with E-state index >= 15 is 0 Å². The molecule has 0 heterocycles. The molecule has 0 spiro atoms. The molecule has 0 rings (SSSR count). The lowest BCUT2D eigenvalue weighted by Crippen LogP contribution is -2.12. The van der Waals surface area contributed by atoms with Crippen LogP contribution in [-0.4, -0.2) is 17.8 Å². The molecule has 0 bridgehead atoms. The summed E-state index contributed by atoms with van der Waals surface area (Å²) in [6.07, 6.45) is 4.43. The molecule has 48 valence electrons. The second-order valence-electron chi connectivity index (χ2n) is 1.87. The zero-order chi connectivity index (χ0) is 6.41. The summed E-state index contributed by atoms with van der Waals surface area (Å²) in [5, 5.41) is 8.25. The van der Waals surface area contributed by atoms with Crippen LogP contribution >= 0.6 is 0 Å². The Bertz CT molecular complexity index is 68.9. The number of aliphatic hydroxyl groups is 1. The largest absolute Gasteiger partial charge is 0.392 e. The van der Waals surface area contributed by atoms with Crippen LogP contribution in [0.25, 0.3) is 0 Å². The Labute approximate surface area is 50.0 Å². The van der Waals surface area contributed by atoms with Gasteiger partial charge in [-0.2, -0.15) is 0 Å². The van der Waals surface area contributed by atoms with Gasteiger partial charge in [-0.3, -0.25) is 0 Å². The van der Waals surface area contributed by atoms with Crippen molar-refractivity contribution in [1.29, 1.82) is 0 Å². The van der Waals surface area contributed by atoms with Crippen LogP contribution in [0, 0.1) is 0 Å². The molecular formula is C6H13NO. The lowest BCUT2D eigenvalue weighted by atomic mass is 10.2. The van der Waals surface area contributed by atoms with Gasteiger partial charge in [-0.25, -0.2) is 0 Å². The van der Waals surface area contributed by atoms with Crippen molar-refractivity contribution in [3.05, 3.63) is 12.2 Å². The Morgan fingerprint density at radius 2 is 2.25 bits per heavy atom. The number of hydrogen-bond acceptors (Lipinski definition) is 2. The van der Waals surface area contributed by atoms with Gasteiger partial charge in [0.15, 0.2) is 0 Å². The summed E-state index contributed by atoms with van der Waals surface area (Å²) < 4.78 is 0. The quantitative estimate of drug-likeness (QED) is 0.519. The molecule has 0 aromatic heterocycles. The molecule has 0 unspecified atom stereocenters. The van der Waals surface area contributed by atoms with Crippen molar-refractivity contribution in [3.8, 4) is 0 Å². The highest BCUT2D eigenvalue weighted by Gasteiger charge is 1.84. The van der Waals surface area contributed by atoms with Gasteiger partial charge in [0.05, 0.1) is 6.61 Å². The lowest BCUT2D eigenvalue weighted by Gasteiger charge is -1.95. The van der Waals surface area contributed by atoms with Crippen LogP contribution in [0.5, 0.6) is 0 Å². The Hall–Kier alpha value is -0.340. The molecule has 3 N–H and O–H groups in total. The summed E-state index contributed by atoms with van der Waals surface area (Å²) in [7, 11) is 0. The van der Waals surface area contributed by atoms with Crippen molar-refractivity contribution in [1.82, 2.24) is 0 Å². The fraction of sp³-hybridized carbons (Fsp3) is 0.667. The van der Waals surface area contributed by atoms with Gasteiger partial charge in [-0.1, -0.05) is 12.2 Å². The van der Waals surface area contributed by atoms with Crippen molar-refractivity contribution in [3.63, 3.8) is 0 Å². The first-order valence-corrected chi connectivity index (χ1v) is 2.78. The lowest BCUT2D eigenvalue weighted by molar-refractivity contribution is 0.342. The number of nitrogens with two attached hydrogens (primary N) is 1. The molecule has 1 atom stereocenters. The van der Waals surface area contributed by atoms with E-state index in [9.17, 15) is 0 Å². The van der Waals surface area contributed by atoms with Crippen molar-refractivity contribution in [2.75, 3.05) is 6.61 Å². The van der Waals surface area contributed by atoms with E-state index in [1.165, 1.54) is 0 Å². The summed E-state index contributed by atoms with van der Waals surface area (Å²) in [4.78, 5) is 0. The van der Waals surface area contributed by atoms with Crippen LogP contribution < -0.4 is 5.73 Å². The van der Waals surface area contributed by atoms with Gasteiger partial charge in [0.2, 0.25) is 0 Å². The summed E-state index contributed by atoms with van der Waals surface area (Å²) >= 11 is 0. The first-order chi connectivity index (χ1) is 3.77. The molecule has 2 nitrogen and oxygen atoms in total. The van der Waals surface area contributed by atoms with Crippen LogP contribution in [0.2, 0.25) is 0 Å². The summed E-state index contributed by atoms with van der Waals surface area (Å²) in [6, 6.07) is 0.206. The van der Waals surface area contributed by atoms with Gasteiger partial charge in [0, 0.05) is 6.04 Å². The van der Waals surface area contributed by atoms with Crippen LogP contribution in [0.1, 0.15) is 13.3 Å². The maximum atomic E-state index is 8.25. The zero-order valence-corrected chi connectivity index (χ0v) is 5.17. The molecule has 2 heteroatoms. The van der Waals surface area contributed by atoms with Gasteiger partial charge in [0.1, 0.15) is 0 Å². The highest BCUT2D eigenvalue weighted by Crippen LogP contribution is 1.85. The normalized spacial score (nSPS) is 14.9. The second-order valence-corrected chi connectivity index (χ2v) is 1.87. The van der Waals surface area contributed by atoms with Crippen molar-refractivity contribution >= 4 is 0 Å². The molecule has 0 saturated heterocycles. The summed E-state index contributed by atoms with van der Waals surface area (Å²) in [5.74, 6) is 0. The molecule has 0 aromatic carbocycles. The van der Waals surface area contributed by atoms with E-state index in [2.05, 4.69) is 0 Å². The zero-order valence-electron chi connectivity index (χ0n) is 5.17. The fourth-order valence-electron chi connectivity index (χ4n) is 0.385. The van der Waals surface area contributed by atoms with E-state index < -0.39 is 0 Å². The van der Waals surface area contributed by atoms with Gasteiger partial charge in [-0.05, 0) is 13.3 Å². The second kappa shape index (κ2) is 4.81. The monoisotopic (exact) mass is 115 g/mol. The fourth-order valence-corrected chi connectivity index (χ4v) is 0.385. The van der Waals surface area contributed by atoms with Crippen LogP contribution in [-0.2, 0) is 0 Å². The predicted octanol–water partition coefficient (Wildman–Crippen LogP) is 0.272. The molecule has 0 aliphatic heterocycles. The Morgan fingerprint density at radius 3 is 2.62 bits per heavy atom. The minimum absolute atomic E-state index is 0.118. The third kappa shape index (κ3) is 5.66. The minimum Gasteiger partial charge on any atom is -0.392 e. The highest BCUT2D eigenvalue weighted by molar-refractivity contribution is 4.83. The Kier molecular flexibility index (Phi) is 4.61. The van der Waals surface area contributed by atoms with Gasteiger partial charge in [-0.15, -0.1) is 0 Å². The van der Waals surface area contributed by atoms with Gasteiger partial charge < -0.3 is 10.8 Å². The van der Waals surface area contributed by atoms with Crippen molar-refractivity contribution in [2.24, 2.45) is 5.73 Å². The average molecular weight is 115 g/mol. The number of aliphatic hydroxyl groups excluding tert-OH is 1. The molecule has 0 radical (unpaired) electrons. The first-order valence-electron chi connectivity index (χ1n) is 2.78. The topological polar surface area (TPSA) is 46.2 Å². The molecule has 0 aromatic rings. The smallest absolute Gasteiger partial charge is 0.0612 e. The molecule has 8 heavy (non-hydrogen) atoms. The van der Waals surface area contributed by atoms with Gasteiger partial charge >= 0.3 is 0 Å². The van der Waals surface area contributed by atoms with Crippen LogP contribution in [0.3, 0.4) is 0 Å². The van der Waals surface area contributed by atoms with E-state index in [0.717, 1.165) is 6.42 Å². The number of hydrogen-bond donors (Lipinski definition) is 2. The van der Waals surface area contributed by atoms with Gasteiger partial charge in [0.25, 0.3) is 0 Å². The van der Waals surface area contributed by atoms with Crippen molar-refractivity contribution in [2.45, 2.75) is 19.4 Å². The SMILES string of the molecule is C[C@H](N)C/C=C/CO. The van der Waals surface area contributed by atoms with Crippen LogP contribution in [0.15, 0.2) is 12.2 Å². The Morgan fingerprint density at radius 1 is 1.62 bits per heavy atom. The molecule has 0 aliphatic rings. The maximum Gasteiger partial charge on any atom is 0.0612 e. The molecular weight excluding hydrogens is 102 g/mol. The third-order valence-corrected chi connectivity index (χ3v) is 0.780. The van der Waals surface area contributed by atoms with E-state index in [4.69, 9.17) is 10.8 Å².